The van der Waals surface area contributed by atoms with Gasteiger partial charge in [0.2, 0.25) is 0 Å². The predicted octanol–water partition coefficient (Wildman–Crippen LogP) is 1.93. The van der Waals surface area contributed by atoms with E-state index in [1.165, 1.54) is 18.1 Å². The van der Waals surface area contributed by atoms with Crippen LogP contribution < -0.4 is 4.74 Å². The molecular weight excluding hydrogens is 227 g/mol. The van der Waals surface area contributed by atoms with Crippen molar-refractivity contribution in [3.63, 3.8) is 0 Å². The Kier molecular flexibility index (Phi) is 3.58. The van der Waals surface area contributed by atoms with Crippen LogP contribution in [0.15, 0.2) is 48.5 Å². The first-order valence-corrected chi connectivity index (χ1v) is 5.36. The monoisotopic (exact) mass is 237 g/mol. The minimum atomic E-state index is -0.599. The van der Waals surface area contributed by atoms with Crippen molar-refractivity contribution in [1.29, 1.82) is 0 Å². The van der Waals surface area contributed by atoms with Gasteiger partial charge in [-0.05, 0) is 0 Å². The van der Waals surface area contributed by atoms with Gasteiger partial charge in [0.15, 0.2) is 0 Å². The first-order valence-electron chi connectivity index (χ1n) is 5.36. The van der Waals surface area contributed by atoms with Crippen LogP contribution >= 0.6 is 0 Å². The van der Waals surface area contributed by atoms with Crippen LogP contribution in [0, 0.1) is 0 Å². The molecule has 0 fully saturated rings. The Morgan fingerprint density at radius 3 is 2.39 bits per heavy atom. The number of esters is 1. The number of rotatable bonds is 3. The van der Waals surface area contributed by atoms with Gasteiger partial charge >= 0.3 is 105 Å². The van der Waals surface area contributed by atoms with Crippen molar-refractivity contribution in [2.75, 3.05) is 0 Å². The molecule has 2 aromatic carbocycles. The fourth-order valence-corrected chi connectivity index (χ4v) is 1.46. The van der Waals surface area contributed by atoms with Gasteiger partial charge in [-0.1, -0.05) is 0 Å². The van der Waals surface area contributed by atoms with Gasteiger partial charge < -0.3 is 0 Å². The van der Waals surface area contributed by atoms with Crippen molar-refractivity contribution in [3.8, 4) is 11.5 Å². The maximum atomic E-state index is 11.8. The van der Waals surface area contributed by atoms with E-state index in [4.69, 9.17) is 12.2 Å². The van der Waals surface area contributed by atoms with E-state index in [0.29, 0.717) is 5.75 Å². The van der Waals surface area contributed by atoms with Crippen molar-refractivity contribution in [1.82, 2.24) is 0 Å². The number of hydrogen-bond acceptors (Lipinski definition) is 3. The van der Waals surface area contributed by atoms with Crippen LogP contribution in [-0.2, 0) is 0 Å². The van der Waals surface area contributed by atoms with Gasteiger partial charge in [0.1, 0.15) is 0 Å². The van der Waals surface area contributed by atoms with Crippen LogP contribution in [0.1, 0.15) is 15.9 Å². The Hall–Kier alpha value is -2.36. The molecular formula is C14H10BO3. The van der Waals surface area contributed by atoms with E-state index in [9.17, 15) is 9.90 Å². The zero-order valence-electron chi connectivity index (χ0n) is 9.54. The number of benzene rings is 2. The summed E-state index contributed by atoms with van der Waals surface area (Å²) in [7, 11) is 5.35. The molecule has 0 aromatic heterocycles. The average molecular weight is 237 g/mol. The van der Waals surface area contributed by atoms with Crippen molar-refractivity contribution in [2.24, 2.45) is 0 Å². The van der Waals surface area contributed by atoms with E-state index in [0.717, 1.165) is 5.56 Å². The molecule has 2 aromatic rings. The quantitative estimate of drug-likeness (QED) is 0.504. The Morgan fingerprint density at radius 1 is 1.11 bits per heavy atom. The van der Waals surface area contributed by atoms with Gasteiger partial charge in [0.05, 0.1) is 0 Å². The normalized spacial score (nSPS) is 9.72. The van der Waals surface area contributed by atoms with Gasteiger partial charge in [-0.2, -0.15) is 0 Å². The molecule has 0 amide bonds. The number of hydrogen-bond donors (Lipinski definition) is 1. The van der Waals surface area contributed by atoms with Gasteiger partial charge in [0, 0.05) is 0 Å². The molecule has 18 heavy (non-hydrogen) atoms. The van der Waals surface area contributed by atoms with Crippen molar-refractivity contribution < 1.29 is 14.6 Å². The van der Waals surface area contributed by atoms with Crippen LogP contribution in [0.2, 0.25) is 0 Å². The molecule has 0 aliphatic rings. The number of aromatic hydroxyl groups is 1. The third kappa shape index (κ3) is 2.66. The molecule has 87 valence electrons. The molecule has 0 aliphatic carbocycles. The first kappa shape index (κ1) is 12.1. The maximum absolute atomic E-state index is 11.8. The van der Waals surface area contributed by atoms with E-state index in [-0.39, 0.29) is 11.3 Å². The second-order valence-corrected chi connectivity index (χ2v) is 3.64. The molecule has 0 spiro atoms. The molecule has 0 unspecified atom stereocenters. The van der Waals surface area contributed by atoms with Gasteiger partial charge in [-0.3, -0.25) is 0 Å². The number of phenolic OH excluding ortho intramolecular Hbond substituents is 1. The minimum absolute atomic E-state index is 0.102. The molecule has 0 bridgehead atoms. The average Bonchev–Trinajstić information content (AvgIpc) is 2.40. The van der Waals surface area contributed by atoms with Crippen LogP contribution in [0.4, 0.5) is 0 Å². The summed E-state index contributed by atoms with van der Waals surface area (Å²) in [5, 5.41) is 9.52. The molecule has 0 saturated carbocycles. The summed E-state index contributed by atoms with van der Waals surface area (Å²) >= 11 is 0. The molecule has 0 atom stereocenters. The Morgan fingerprint density at radius 2 is 1.78 bits per heavy atom. The molecule has 0 aliphatic heterocycles. The second-order valence-electron chi connectivity index (χ2n) is 3.64. The van der Waals surface area contributed by atoms with Gasteiger partial charge in [-0.25, -0.2) is 0 Å². The third-order valence-corrected chi connectivity index (χ3v) is 2.41. The standard InChI is InChI=1S/C14H10BO3/c15-9-10-5-7-11(8-6-10)18-14(17)12-3-1-2-4-13(12)16/h1-9,16H. The second kappa shape index (κ2) is 5.32. The summed E-state index contributed by atoms with van der Waals surface area (Å²) in [5.41, 5.74) is 0.962. The number of phenols is 1. The molecule has 4 heteroatoms. The molecule has 3 nitrogen and oxygen atoms in total. The number of carbonyl (C=O) groups is 1. The number of carbonyl (C=O) groups excluding carboxylic acids is 1. The Labute approximate surface area is 106 Å². The molecule has 2 rings (SSSR count). The summed E-state index contributed by atoms with van der Waals surface area (Å²) in [4.78, 5) is 11.8. The molecule has 0 saturated heterocycles. The third-order valence-electron chi connectivity index (χ3n) is 2.41. The fourth-order valence-electron chi connectivity index (χ4n) is 1.46. The topological polar surface area (TPSA) is 46.5 Å². The van der Waals surface area contributed by atoms with Gasteiger partial charge in [-0.15, -0.1) is 0 Å². The SMILES string of the molecule is [B]=Cc1ccc(OC(=O)c2ccccc2O)cc1. The van der Waals surface area contributed by atoms with Crippen LogP contribution in [0.3, 0.4) is 0 Å². The van der Waals surface area contributed by atoms with E-state index >= 15 is 0 Å². The van der Waals surface area contributed by atoms with E-state index < -0.39 is 5.97 Å². The summed E-state index contributed by atoms with van der Waals surface area (Å²) in [6.45, 7) is 0. The summed E-state index contributed by atoms with van der Waals surface area (Å²) in [5.74, 6) is 1.15. The van der Waals surface area contributed by atoms with Crippen LogP contribution in [0.25, 0.3) is 0 Å². The summed E-state index contributed by atoms with van der Waals surface area (Å²) < 4.78 is 5.13. The van der Waals surface area contributed by atoms with Gasteiger partial charge in [0.25, 0.3) is 0 Å². The van der Waals surface area contributed by atoms with Crippen molar-refractivity contribution in [2.45, 2.75) is 0 Å². The van der Waals surface area contributed by atoms with E-state index in [1.807, 2.05) is 0 Å². The van der Waals surface area contributed by atoms with E-state index in [2.05, 4.69) is 0 Å². The zero-order valence-corrected chi connectivity index (χ0v) is 9.54. The fraction of sp³-hybridized carbons (Fsp3) is 0. The van der Waals surface area contributed by atoms with Crippen LogP contribution in [-0.4, -0.2) is 24.5 Å². The Bertz CT molecular complexity index is 576. The first-order chi connectivity index (χ1) is 8.70. The van der Waals surface area contributed by atoms with Crippen molar-refractivity contribution >= 4 is 19.4 Å². The van der Waals surface area contributed by atoms with Crippen LogP contribution in [0.5, 0.6) is 11.5 Å². The van der Waals surface area contributed by atoms with E-state index in [1.54, 1.807) is 36.4 Å². The summed E-state index contributed by atoms with van der Waals surface area (Å²) in [6, 6.07) is 13.0. The Balaban J connectivity index is 2.16. The molecule has 1 N–H and O–H groups in total. The summed E-state index contributed by atoms with van der Waals surface area (Å²) in [6.07, 6.45) is 0. The predicted molar refractivity (Wildman–Crippen MR) is 70.4 cm³/mol. The molecule has 1 radical (unpaired) electrons. The van der Waals surface area contributed by atoms with Crippen molar-refractivity contribution in [3.05, 3.63) is 59.7 Å². The zero-order chi connectivity index (χ0) is 13.0. The molecule has 0 heterocycles. The number of ether oxygens (including phenoxy) is 1. The number of para-hydroxylation sites is 1.